The minimum Gasteiger partial charge on any atom is -0.0943 e. The Morgan fingerprint density at radius 1 is 0.419 bits per heavy atom. The van der Waals surface area contributed by atoms with Crippen molar-refractivity contribution in [3.05, 3.63) is 0 Å². The zero-order valence-electron chi connectivity index (χ0n) is 23.5. The van der Waals surface area contributed by atoms with Crippen molar-refractivity contribution in [3.8, 4) is 0 Å². The fraction of sp³-hybridized carbons (Fsp3) is 1.00. The van der Waals surface area contributed by atoms with Gasteiger partial charge in [-0.3, -0.25) is 0 Å². The van der Waals surface area contributed by atoms with Crippen molar-refractivity contribution >= 4 is 15.2 Å². The van der Waals surface area contributed by atoms with Crippen molar-refractivity contribution in [1.82, 2.24) is 0 Å². The first kappa shape index (κ1) is 31.5. The highest BCUT2D eigenvalue weighted by molar-refractivity contribution is 6.35. The zero-order valence-corrected chi connectivity index (χ0v) is 24.9. The van der Waals surface area contributed by atoms with Gasteiger partial charge in [0, 0.05) is 0 Å². The Balaban J connectivity index is 4.87. The zero-order chi connectivity index (χ0) is 23.5. The minimum absolute atomic E-state index is 0.0639. The average Bonchev–Trinajstić information content (AvgIpc) is 2.80. The summed E-state index contributed by atoms with van der Waals surface area (Å²) in [4.78, 5) is 0. The Kier molecular flexibility index (Phi) is 21.5. The summed E-state index contributed by atoms with van der Waals surface area (Å²) < 4.78 is 0. The minimum atomic E-state index is 0.0639. The first-order chi connectivity index (χ1) is 15.1. The molecule has 1 heteroatoms. The molecular weight excluding hydrogens is 387 g/mol. The SMILES string of the molecule is CCCCCC(CC)C(CC)C(CC)[CH2][AlH][CH2]C(CC)C(CC)C(CC)CCCCC. The van der Waals surface area contributed by atoms with E-state index in [0.717, 1.165) is 35.5 Å². The highest BCUT2D eigenvalue weighted by Crippen LogP contribution is 2.38. The summed E-state index contributed by atoms with van der Waals surface area (Å²) in [6.45, 7) is 19.6. The summed E-state index contributed by atoms with van der Waals surface area (Å²) >= 11 is 0.0639. The Hall–Kier alpha value is 0.532. The molecule has 0 aromatic rings. The van der Waals surface area contributed by atoms with Gasteiger partial charge in [-0.15, -0.1) is 0 Å². The van der Waals surface area contributed by atoms with Crippen LogP contribution in [0.3, 0.4) is 0 Å². The van der Waals surface area contributed by atoms with E-state index >= 15 is 0 Å². The van der Waals surface area contributed by atoms with Gasteiger partial charge in [-0.2, -0.15) is 0 Å². The van der Waals surface area contributed by atoms with E-state index in [1.165, 1.54) is 89.9 Å². The third-order valence-corrected chi connectivity index (χ3v) is 11.3. The van der Waals surface area contributed by atoms with Crippen LogP contribution in [0.25, 0.3) is 0 Å². The van der Waals surface area contributed by atoms with Crippen molar-refractivity contribution in [2.24, 2.45) is 35.5 Å². The molecule has 0 N–H and O–H groups in total. The van der Waals surface area contributed by atoms with Crippen LogP contribution >= 0.6 is 0 Å². The van der Waals surface area contributed by atoms with Gasteiger partial charge in [0.15, 0.2) is 0 Å². The van der Waals surface area contributed by atoms with Crippen molar-refractivity contribution in [1.29, 1.82) is 0 Å². The first-order valence-corrected chi connectivity index (χ1v) is 17.1. The van der Waals surface area contributed by atoms with E-state index in [4.69, 9.17) is 0 Å². The highest BCUT2D eigenvalue weighted by Gasteiger charge is 2.28. The third-order valence-electron chi connectivity index (χ3n) is 8.97. The maximum absolute atomic E-state index is 2.49. The fourth-order valence-electron chi connectivity index (χ4n) is 6.94. The molecule has 0 heterocycles. The van der Waals surface area contributed by atoms with E-state index in [-0.39, 0.29) is 15.2 Å². The quantitative estimate of drug-likeness (QED) is 0.114. The average molecular weight is 451 g/mol. The lowest BCUT2D eigenvalue weighted by molar-refractivity contribution is 0.199. The Morgan fingerprint density at radius 3 is 1.03 bits per heavy atom. The molecule has 6 unspecified atom stereocenters. The number of hydrogen-bond donors (Lipinski definition) is 0. The van der Waals surface area contributed by atoms with Gasteiger partial charge in [0.1, 0.15) is 0 Å². The molecule has 0 saturated heterocycles. The molecule has 0 aromatic heterocycles. The molecular formula is C30H63Al. The molecule has 0 aromatic carbocycles. The molecule has 0 radical (unpaired) electrons. The van der Waals surface area contributed by atoms with E-state index < -0.39 is 0 Å². The van der Waals surface area contributed by atoms with Crippen LogP contribution in [-0.2, 0) is 0 Å². The topological polar surface area (TPSA) is 0 Å². The maximum Gasteiger partial charge on any atom is 0.237 e. The Bertz CT molecular complexity index is 331. The van der Waals surface area contributed by atoms with E-state index in [1.54, 1.807) is 10.6 Å². The largest absolute Gasteiger partial charge is 0.237 e. The van der Waals surface area contributed by atoms with Crippen LogP contribution < -0.4 is 0 Å². The van der Waals surface area contributed by atoms with E-state index in [0.29, 0.717) is 0 Å². The summed E-state index contributed by atoms with van der Waals surface area (Å²) in [5.41, 5.74) is 0. The molecule has 0 aliphatic carbocycles. The summed E-state index contributed by atoms with van der Waals surface area (Å²) in [7, 11) is 0. The van der Waals surface area contributed by atoms with Crippen molar-refractivity contribution in [2.75, 3.05) is 0 Å². The van der Waals surface area contributed by atoms with E-state index in [9.17, 15) is 0 Å². The Labute approximate surface area is 206 Å². The van der Waals surface area contributed by atoms with Gasteiger partial charge >= 0.3 is 0 Å². The molecule has 6 atom stereocenters. The Morgan fingerprint density at radius 2 is 0.774 bits per heavy atom. The van der Waals surface area contributed by atoms with Crippen LogP contribution in [0.2, 0.25) is 10.6 Å². The molecule has 0 rings (SSSR count). The van der Waals surface area contributed by atoms with Crippen molar-refractivity contribution < 1.29 is 0 Å². The molecule has 0 spiro atoms. The summed E-state index contributed by atoms with van der Waals surface area (Å²) in [6, 6.07) is 0. The van der Waals surface area contributed by atoms with Crippen LogP contribution in [0.4, 0.5) is 0 Å². The lowest BCUT2D eigenvalue weighted by Crippen LogP contribution is -2.26. The van der Waals surface area contributed by atoms with Gasteiger partial charge in [-0.25, -0.2) is 0 Å². The summed E-state index contributed by atoms with van der Waals surface area (Å²) in [6.07, 6.45) is 20.0. The third kappa shape index (κ3) is 12.5. The maximum atomic E-state index is 2.49. The molecule has 186 valence electrons. The molecule has 0 aliphatic heterocycles. The van der Waals surface area contributed by atoms with Gasteiger partial charge in [-0.05, 0) is 23.7 Å². The number of unbranched alkanes of at least 4 members (excludes halogenated alkanes) is 4. The molecule has 0 nitrogen and oxygen atoms in total. The summed E-state index contributed by atoms with van der Waals surface area (Å²) in [5, 5.41) is 3.25. The first-order valence-electron chi connectivity index (χ1n) is 15.1. The van der Waals surface area contributed by atoms with Crippen LogP contribution in [0.15, 0.2) is 0 Å². The standard InChI is InChI=1S/2C15H31.Al.H/c2*1-6-10-11-12-14(8-3)15(9-4)13(5)7-2;;/h2*13-15H,5-12H2,1-4H3;;. The van der Waals surface area contributed by atoms with Crippen molar-refractivity contribution in [2.45, 2.75) is 156 Å². The monoisotopic (exact) mass is 450 g/mol. The van der Waals surface area contributed by atoms with Crippen LogP contribution in [0.1, 0.15) is 145 Å². The van der Waals surface area contributed by atoms with Crippen LogP contribution in [0.5, 0.6) is 0 Å². The van der Waals surface area contributed by atoms with E-state index in [1.807, 2.05) is 0 Å². The van der Waals surface area contributed by atoms with Crippen molar-refractivity contribution in [3.63, 3.8) is 0 Å². The highest BCUT2D eigenvalue weighted by atomic mass is 27.1. The van der Waals surface area contributed by atoms with Gasteiger partial charge in [-0.1, -0.05) is 168 Å². The predicted molar refractivity (Wildman–Crippen MR) is 148 cm³/mol. The molecule has 0 fully saturated rings. The lowest BCUT2D eigenvalue weighted by atomic mass is 9.75. The second-order valence-corrected chi connectivity index (χ2v) is 12.6. The predicted octanol–water partition coefficient (Wildman–Crippen LogP) is 10.6. The molecule has 31 heavy (non-hydrogen) atoms. The lowest BCUT2D eigenvalue weighted by Gasteiger charge is -2.34. The van der Waals surface area contributed by atoms with Gasteiger partial charge in [0.25, 0.3) is 0 Å². The summed E-state index contributed by atoms with van der Waals surface area (Å²) in [5.74, 6) is 6.02. The van der Waals surface area contributed by atoms with Gasteiger partial charge < -0.3 is 0 Å². The molecule has 0 bridgehead atoms. The fourth-order valence-corrected chi connectivity index (χ4v) is 9.90. The van der Waals surface area contributed by atoms with E-state index in [2.05, 4.69) is 55.4 Å². The number of rotatable bonds is 22. The number of hydrogen-bond acceptors (Lipinski definition) is 0. The smallest absolute Gasteiger partial charge is 0.0943 e. The molecule has 0 amide bonds. The van der Waals surface area contributed by atoms with Crippen LogP contribution in [-0.4, -0.2) is 15.2 Å². The molecule has 0 aliphatic rings. The normalized spacial score (nSPS) is 17.7. The van der Waals surface area contributed by atoms with Crippen LogP contribution in [0, 0.1) is 35.5 Å². The van der Waals surface area contributed by atoms with Gasteiger partial charge in [0.05, 0.1) is 0 Å². The van der Waals surface area contributed by atoms with Gasteiger partial charge in [0.2, 0.25) is 15.2 Å². The second-order valence-electron chi connectivity index (χ2n) is 10.7. The second kappa shape index (κ2) is 21.1. The molecule has 0 saturated carbocycles.